The summed E-state index contributed by atoms with van der Waals surface area (Å²) in [6.07, 6.45) is 82.7. The number of allylic oxidation sites excluding steroid dienone is 17. The van der Waals surface area contributed by atoms with E-state index in [9.17, 15) is 35.1 Å². The molecule has 1 aliphatic rings. The molecule has 1 amide bonds. The third kappa shape index (κ3) is 53.6. The molecule has 6 N–H and O–H groups in total. The van der Waals surface area contributed by atoms with Crippen molar-refractivity contribution < 1.29 is 49.3 Å². The molecular formula is C81H141NO10. The first kappa shape index (κ1) is 86.3. The minimum absolute atomic E-state index is 0.120. The summed E-state index contributed by atoms with van der Waals surface area (Å²) in [6, 6.07) is -1.04. The van der Waals surface area contributed by atoms with E-state index in [0.717, 1.165) is 122 Å². The van der Waals surface area contributed by atoms with Crippen molar-refractivity contribution in [2.75, 3.05) is 13.2 Å². The zero-order valence-corrected chi connectivity index (χ0v) is 59.1. The van der Waals surface area contributed by atoms with Crippen molar-refractivity contribution in [3.8, 4) is 0 Å². The second-order valence-corrected chi connectivity index (χ2v) is 26.0. The van der Waals surface area contributed by atoms with Crippen molar-refractivity contribution in [1.29, 1.82) is 0 Å². The van der Waals surface area contributed by atoms with Gasteiger partial charge in [0.15, 0.2) is 12.4 Å². The van der Waals surface area contributed by atoms with Crippen LogP contribution in [0.5, 0.6) is 0 Å². The second kappa shape index (κ2) is 67.3. The molecule has 1 fully saturated rings. The number of aliphatic hydroxyl groups excluding tert-OH is 5. The molecule has 11 heteroatoms. The Morgan fingerprint density at radius 1 is 0.435 bits per heavy atom. The smallest absolute Gasteiger partial charge is 0.306 e. The van der Waals surface area contributed by atoms with Crippen LogP contribution in [0, 0.1) is 0 Å². The number of aliphatic hydroxyl groups is 5. The largest absolute Gasteiger partial charge is 0.454 e. The molecule has 530 valence electrons. The lowest BCUT2D eigenvalue weighted by molar-refractivity contribution is -0.305. The van der Waals surface area contributed by atoms with Crippen LogP contribution in [0.2, 0.25) is 0 Å². The van der Waals surface area contributed by atoms with Crippen LogP contribution in [0.1, 0.15) is 329 Å². The van der Waals surface area contributed by atoms with Gasteiger partial charge in [0.05, 0.1) is 25.4 Å². The van der Waals surface area contributed by atoms with Gasteiger partial charge in [-0.3, -0.25) is 9.59 Å². The second-order valence-electron chi connectivity index (χ2n) is 26.0. The summed E-state index contributed by atoms with van der Waals surface area (Å²) >= 11 is 0. The van der Waals surface area contributed by atoms with Crippen molar-refractivity contribution in [2.24, 2.45) is 0 Å². The Bertz CT molecular complexity index is 1920. The summed E-state index contributed by atoms with van der Waals surface area (Å²) in [6.45, 7) is 5.68. The van der Waals surface area contributed by atoms with Crippen molar-refractivity contribution in [2.45, 2.75) is 378 Å². The van der Waals surface area contributed by atoms with E-state index in [1.165, 1.54) is 161 Å². The lowest BCUT2D eigenvalue weighted by atomic mass is 9.99. The fraction of sp³-hybridized carbons (Fsp3) is 0.753. The molecule has 0 bridgehead atoms. The first-order chi connectivity index (χ1) is 45.2. The SMILES string of the molecule is CC/C=C\C/C=C\C/C=C\C/C=C\C/C=C\C/C=C\CCCCCCCCCC(O)C(=O)NC(COC1OC(CO)C(O)C(O)C1OC(=O)CCCCCCCCCCCCCCCCC/C=C\C/C=C\CCCCC)C(O)/C=C/CCCCCCCCCCCC. The Labute approximate surface area is 564 Å². The predicted molar refractivity (Wildman–Crippen MR) is 388 cm³/mol. The Morgan fingerprint density at radius 3 is 1.20 bits per heavy atom. The van der Waals surface area contributed by atoms with Gasteiger partial charge in [-0.05, 0) is 109 Å². The molecule has 92 heavy (non-hydrogen) atoms. The fourth-order valence-electron chi connectivity index (χ4n) is 11.5. The summed E-state index contributed by atoms with van der Waals surface area (Å²) in [5.41, 5.74) is 0. The van der Waals surface area contributed by atoms with Crippen LogP contribution >= 0.6 is 0 Å². The normalized spacial score (nSPS) is 18.5. The van der Waals surface area contributed by atoms with Gasteiger partial charge in [0.2, 0.25) is 5.91 Å². The molecule has 0 aromatic carbocycles. The zero-order chi connectivity index (χ0) is 66.7. The van der Waals surface area contributed by atoms with Crippen LogP contribution in [0.4, 0.5) is 0 Å². The first-order valence-electron chi connectivity index (χ1n) is 38.2. The molecule has 1 aliphatic heterocycles. The number of rotatable bonds is 65. The molecule has 1 rings (SSSR count). The monoisotopic (exact) mass is 1290 g/mol. The van der Waals surface area contributed by atoms with Gasteiger partial charge in [-0.15, -0.1) is 0 Å². The average Bonchev–Trinajstić information content (AvgIpc) is 0.881. The Balaban J connectivity index is 2.54. The molecule has 11 nitrogen and oxygen atoms in total. The Kier molecular flexibility index (Phi) is 63.2. The molecule has 0 radical (unpaired) electrons. The highest BCUT2D eigenvalue weighted by Crippen LogP contribution is 2.26. The maximum Gasteiger partial charge on any atom is 0.306 e. The number of hydrogen-bond acceptors (Lipinski definition) is 10. The summed E-state index contributed by atoms with van der Waals surface area (Å²) < 4.78 is 17.7. The lowest BCUT2D eigenvalue weighted by Gasteiger charge is -2.41. The molecule has 0 aromatic heterocycles. The molecular weight excluding hydrogens is 1150 g/mol. The van der Waals surface area contributed by atoms with E-state index in [1.54, 1.807) is 6.08 Å². The summed E-state index contributed by atoms with van der Waals surface area (Å²) in [4.78, 5) is 26.8. The molecule has 8 unspecified atom stereocenters. The number of carbonyl (C=O) groups excluding carboxylic acids is 2. The third-order valence-corrected chi connectivity index (χ3v) is 17.4. The van der Waals surface area contributed by atoms with E-state index < -0.39 is 67.4 Å². The van der Waals surface area contributed by atoms with Gasteiger partial charge in [-0.2, -0.15) is 0 Å². The summed E-state index contributed by atoms with van der Waals surface area (Å²) in [5.74, 6) is -1.20. The quantitative estimate of drug-likeness (QED) is 0.0195. The van der Waals surface area contributed by atoms with Crippen molar-refractivity contribution in [3.05, 3.63) is 109 Å². The van der Waals surface area contributed by atoms with Crippen LogP contribution in [0.25, 0.3) is 0 Å². The molecule has 0 aliphatic carbocycles. The number of amides is 1. The lowest BCUT2D eigenvalue weighted by Crippen LogP contribution is -2.61. The summed E-state index contributed by atoms with van der Waals surface area (Å²) in [7, 11) is 0. The van der Waals surface area contributed by atoms with Gasteiger partial charge < -0.3 is 45.1 Å². The van der Waals surface area contributed by atoms with Crippen LogP contribution in [0.3, 0.4) is 0 Å². The van der Waals surface area contributed by atoms with Crippen LogP contribution < -0.4 is 5.32 Å². The molecule has 8 atom stereocenters. The van der Waals surface area contributed by atoms with Crippen LogP contribution in [0.15, 0.2) is 109 Å². The van der Waals surface area contributed by atoms with Gasteiger partial charge in [0, 0.05) is 6.42 Å². The maximum atomic E-state index is 13.5. The van der Waals surface area contributed by atoms with Gasteiger partial charge in [0.1, 0.15) is 24.4 Å². The van der Waals surface area contributed by atoms with E-state index in [4.69, 9.17) is 14.2 Å². The van der Waals surface area contributed by atoms with Crippen molar-refractivity contribution in [1.82, 2.24) is 5.32 Å². The summed E-state index contributed by atoms with van der Waals surface area (Å²) in [5, 5.41) is 57.4. The van der Waals surface area contributed by atoms with Crippen molar-refractivity contribution in [3.63, 3.8) is 0 Å². The molecule has 1 saturated heterocycles. The molecule has 1 heterocycles. The van der Waals surface area contributed by atoms with Gasteiger partial charge in [-0.25, -0.2) is 0 Å². The third-order valence-electron chi connectivity index (χ3n) is 17.4. The standard InChI is InChI=1S/C81H141NO10/c1-4-7-10-13-16-19-22-25-27-29-31-33-35-37-39-40-42-44-46-48-50-53-56-59-62-65-68-74(85)80(89)82-72(73(84)67-64-61-58-55-52-24-21-18-15-12-9-6-3)71-90-81-79(78(88)77(87)75(70-83)91-81)92-76(86)69-66-63-60-57-54-51-49-47-45-43-41-38-36-34-32-30-28-26-23-20-17-14-11-8-5-2/h7,10,16-17,19-20,25-28,31,33,37,39,42,44,64,67,72-75,77-79,81,83-85,87-88H,4-6,8-9,11-15,18,21-24,29-30,32,34-36,38,40-41,43,45-63,65-66,68-71H2,1-3H3,(H,82,89)/b10-7-,19-16-,20-17-,27-25-,28-26-,33-31-,39-37-,44-42-,67-64+. The number of carbonyl (C=O) groups is 2. The van der Waals surface area contributed by atoms with E-state index in [2.05, 4.69) is 123 Å². The van der Waals surface area contributed by atoms with E-state index in [0.29, 0.717) is 12.8 Å². The van der Waals surface area contributed by atoms with Gasteiger partial charge in [0.25, 0.3) is 0 Å². The maximum absolute atomic E-state index is 13.5. The topological polar surface area (TPSA) is 175 Å². The molecule has 0 aromatic rings. The number of nitrogens with one attached hydrogen (secondary N) is 1. The minimum Gasteiger partial charge on any atom is -0.454 e. The number of esters is 1. The highest BCUT2D eigenvalue weighted by Gasteiger charge is 2.47. The number of unbranched alkanes of at least 4 members (excludes halogenated alkanes) is 35. The van der Waals surface area contributed by atoms with Crippen LogP contribution in [-0.4, -0.2) is 99.6 Å². The van der Waals surface area contributed by atoms with E-state index in [-0.39, 0.29) is 19.4 Å². The Hall–Kier alpha value is -3.68. The van der Waals surface area contributed by atoms with E-state index in [1.807, 2.05) is 6.08 Å². The Morgan fingerprint density at radius 2 is 0.783 bits per heavy atom. The van der Waals surface area contributed by atoms with Crippen molar-refractivity contribution >= 4 is 11.9 Å². The predicted octanol–water partition coefficient (Wildman–Crippen LogP) is 20.4. The highest BCUT2D eigenvalue weighted by molar-refractivity contribution is 5.80. The zero-order valence-electron chi connectivity index (χ0n) is 59.1. The molecule has 0 spiro atoms. The van der Waals surface area contributed by atoms with Gasteiger partial charge >= 0.3 is 5.97 Å². The first-order valence-corrected chi connectivity index (χ1v) is 38.2. The molecule has 0 saturated carbocycles. The fourth-order valence-corrected chi connectivity index (χ4v) is 11.5. The van der Waals surface area contributed by atoms with Gasteiger partial charge in [-0.1, -0.05) is 323 Å². The average molecular weight is 1290 g/mol. The number of hydrogen-bond donors (Lipinski definition) is 6. The van der Waals surface area contributed by atoms with E-state index >= 15 is 0 Å². The minimum atomic E-state index is -1.62. The number of ether oxygens (including phenoxy) is 3. The van der Waals surface area contributed by atoms with Crippen LogP contribution in [-0.2, 0) is 23.8 Å². The highest BCUT2D eigenvalue weighted by atomic mass is 16.7.